The van der Waals surface area contributed by atoms with E-state index in [0.717, 1.165) is 15.5 Å². The second-order valence-electron chi connectivity index (χ2n) is 1.58. The van der Waals surface area contributed by atoms with Gasteiger partial charge < -0.3 is 0 Å². The predicted molar refractivity (Wildman–Crippen MR) is 24.8 cm³/mol. The first kappa shape index (κ1) is 5.18. The van der Waals surface area contributed by atoms with Crippen LogP contribution in [0.4, 0.5) is 0 Å². The van der Waals surface area contributed by atoms with E-state index in [2.05, 4.69) is 20.5 Å². The van der Waals surface area contributed by atoms with Crippen molar-refractivity contribution in [2.24, 2.45) is 20.5 Å². The summed E-state index contributed by atoms with van der Waals surface area (Å²) in [5, 5.41) is 15.1. The van der Waals surface area contributed by atoms with E-state index in [-0.39, 0.29) is 0 Å². The van der Waals surface area contributed by atoms with Gasteiger partial charge in [-0.25, -0.2) is 0 Å². The molecule has 0 amide bonds. The summed E-state index contributed by atoms with van der Waals surface area (Å²) in [5.41, 5.74) is 1.61. The Hall–Kier alpha value is -0.632. The van der Waals surface area contributed by atoms with Gasteiger partial charge >= 0.3 is 62.0 Å². The van der Waals surface area contributed by atoms with Crippen molar-refractivity contribution in [3.8, 4) is 0 Å². The van der Waals surface area contributed by atoms with Gasteiger partial charge in [-0.3, -0.25) is 0 Å². The molecule has 0 fully saturated rings. The zero-order valence-corrected chi connectivity index (χ0v) is 6.28. The minimum atomic E-state index is 0.787. The molecule has 2 aliphatic heterocycles. The van der Waals surface area contributed by atoms with Gasteiger partial charge in [-0.05, 0) is 0 Å². The fourth-order valence-corrected chi connectivity index (χ4v) is 1.08. The van der Waals surface area contributed by atoms with Gasteiger partial charge in [0.15, 0.2) is 0 Å². The molecule has 2 aliphatic rings. The molecule has 0 aromatic carbocycles. The maximum absolute atomic E-state index is 3.81. The van der Waals surface area contributed by atoms with Crippen molar-refractivity contribution >= 4 is 0 Å². The second kappa shape index (κ2) is 1.67. The van der Waals surface area contributed by atoms with Crippen LogP contribution < -0.4 is 0 Å². The molecule has 0 aliphatic carbocycles. The molecule has 0 atom stereocenters. The molecule has 0 saturated heterocycles. The topological polar surface area (TPSA) is 49.4 Å². The zero-order valence-electron chi connectivity index (χ0n) is 4.27. The van der Waals surface area contributed by atoms with Crippen LogP contribution in [0.2, 0.25) is 0 Å². The third kappa shape index (κ3) is 0.629. The predicted octanol–water partition coefficient (Wildman–Crippen LogP) is 1.48. The summed E-state index contributed by atoms with van der Waals surface area (Å²) in [6, 6.07) is 0. The maximum atomic E-state index is 3.81. The SMILES string of the molecule is [Mo+3][C]1=C2N=NC=C2N=N1. The van der Waals surface area contributed by atoms with Crippen LogP contribution in [0.25, 0.3) is 0 Å². The van der Waals surface area contributed by atoms with Crippen molar-refractivity contribution in [1.29, 1.82) is 0 Å². The summed E-state index contributed by atoms with van der Waals surface area (Å²) in [4.78, 5) is 0. The summed E-state index contributed by atoms with van der Waals surface area (Å²) >= 11 is 1.80. The molecule has 0 radical (unpaired) electrons. The third-order valence-corrected chi connectivity index (χ3v) is 1.71. The van der Waals surface area contributed by atoms with Crippen LogP contribution in [0.3, 0.4) is 0 Å². The van der Waals surface area contributed by atoms with Crippen molar-refractivity contribution in [3.05, 3.63) is 21.7 Å². The van der Waals surface area contributed by atoms with E-state index >= 15 is 0 Å². The molecule has 0 saturated carbocycles. The second-order valence-corrected chi connectivity index (χ2v) is 2.53. The van der Waals surface area contributed by atoms with Crippen molar-refractivity contribution in [2.45, 2.75) is 0 Å². The first-order chi connectivity index (χ1) is 4.38. The van der Waals surface area contributed by atoms with Crippen LogP contribution in [0.15, 0.2) is 42.1 Å². The number of fused-ring (bicyclic) bond motifs is 1. The molecule has 0 aromatic rings. The average Bonchev–Trinajstić information content (AvgIpc) is 2.35. The Morgan fingerprint density at radius 1 is 1.22 bits per heavy atom. The van der Waals surface area contributed by atoms with E-state index in [0.29, 0.717) is 0 Å². The van der Waals surface area contributed by atoms with Gasteiger partial charge in [0.25, 0.3) is 0 Å². The van der Waals surface area contributed by atoms with E-state index in [9.17, 15) is 0 Å². The van der Waals surface area contributed by atoms with Crippen molar-refractivity contribution < 1.29 is 19.8 Å². The van der Waals surface area contributed by atoms with E-state index in [1.165, 1.54) is 0 Å². The van der Waals surface area contributed by atoms with E-state index in [1.54, 1.807) is 26.0 Å². The molecular weight excluding hydrogens is 200 g/mol. The van der Waals surface area contributed by atoms with Crippen LogP contribution in [0.5, 0.6) is 0 Å². The summed E-state index contributed by atoms with van der Waals surface area (Å²) in [6.45, 7) is 0. The van der Waals surface area contributed by atoms with Crippen LogP contribution in [0, 0.1) is 0 Å². The van der Waals surface area contributed by atoms with Crippen molar-refractivity contribution in [3.63, 3.8) is 0 Å². The number of hydrogen-bond acceptors (Lipinski definition) is 4. The Kier molecular flexibility index (Phi) is 0.962. The number of azo groups is 2. The summed E-state index contributed by atoms with van der Waals surface area (Å²) in [6.07, 6.45) is 1.61. The standard InChI is InChI=1S/C4HN4.Mo/c1-3-4(8-5-1)2-6-7-3;/h1H;/q;+3. The Balaban J connectivity index is 2.62. The third-order valence-electron chi connectivity index (χ3n) is 1.03. The zero-order chi connectivity index (χ0) is 6.27. The van der Waals surface area contributed by atoms with E-state index in [4.69, 9.17) is 0 Å². The molecule has 2 rings (SSSR count). The van der Waals surface area contributed by atoms with Gasteiger partial charge in [-0.1, -0.05) is 0 Å². The van der Waals surface area contributed by atoms with Crippen LogP contribution in [-0.2, 0) is 19.8 Å². The molecule has 40 valence electrons. The minimum absolute atomic E-state index is 0.787. The van der Waals surface area contributed by atoms with Crippen LogP contribution >= 0.6 is 0 Å². The molecule has 0 N–H and O–H groups in total. The van der Waals surface area contributed by atoms with Gasteiger partial charge in [0.2, 0.25) is 0 Å². The monoisotopic (exact) mass is 203 g/mol. The normalized spacial score (nSPS) is 21.0. The molecule has 0 aromatic heterocycles. The number of nitrogens with zero attached hydrogens (tertiary/aromatic N) is 4. The first-order valence-corrected chi connectivity index (χ1v) is 3.33. The fourth-order valence-electron chi connectivity index (χ4n) is 0.626. The average molecular weight is 201 g/mol. The van der Waals surface area contributed by atoms with Crippen molar-refractivity contribution in [1.82, 2.24) is 0 Å². The van der Waals surface area contributed by atoms with Crippen LogP contribution in [-0.4, -0.2) is 0 Å². The molecule has 5 heteroatoms. The molecular formula is C4HMoN4+3. The van der Waals surface area contributed by atoms with E-state index < -0.39 is 0 Å². The van der Waals surface area contributed by atoms with Gasteiger partial charge in [-0.2, -0.15) is 0 Å². The Morgan fingerprint density at radius 2 is 2.11 bits per heavy atom. The fraction of sp³-hybridized carbons (Fsp3) is 0. The molecule has 4 nitrogen and oxygen atoms in total. The first-order valence-electron chi connectivity index (χ1n) is 2.32. The number of rotatable bonds is 0. The van der Waals surface area contributed by atoms with Gasteiger partial charge in [0.05, 0.1) is 0 Å². The Bertz CT molecular complexity index is 272. The van der Waals surface area contributed by atoms with Crippen molar-refractivity contribution in [2.75, 3.05) is 0 Å². The summed E-state index contributed by atoms with van der Waals surface area (Å²) in [7, 11) is 0. The van der Waals surface area contributed by atoms with Crippen LogP contribution in [0.1, 0.15) is 0 Å². The molecule has 0 spiro atoms. The molecule has 9 heavy (non-hydrogen) atoms. The Morgan fingerprint density at radius 3 is 2.89 bits per heavy atom. The number of hydrogen-bond donors (Lipinski definition) is 0. The quantitative estimate of drug-likeness (QED) is 0.533. The summed E-state index contributed by atoms with van der Waals surface area (Å²) in [5.74, 6) is 0. The van der Waals surface area contributed by atoms with E-state index in [1.807, 2.05) is 0 Å². The Labute approximate surface area is 62.4 Å². The molecule has 2 heterocycles. The van der Waals surface area contributed by atoms with Gasteiger partial charge in [0.1, 0.15) is 0 Å². The van der Waals surface area contributed by atoms with Gasteiger partial charge in [0, 0.05) is 0 Å². The summed E-state index contributed by atoms with van der Waals surface area (Å²) < 4.78 is 0.860. The molecule has 0 bridgehead atoms. The van der Waals surface area contributed by atoms with Gasteiger partial charge in [-0.15, -0.1) is 0 Å². The molecule has 0 unspecified atom stereocenters.